The molecule has 0 radical (unpaired) electrons. The lowest BCUT2D eigenvalue weighted by molar-refractivity contribution is 0.411. The molecule has 0 unspecified atom stereocenters. The van der Waals surface area contributed by atoms with Gasteiger partial charge in [-0.05, 0) is 37.1 Å². The number of ether oxygens (including phenoxy) is 1. The summed E-state index contributed by atoms with van der Waals surface area (Å²) in [6.45, 7) is 3.94. The molecule has 0 fully saturated rings. The lowest BCUT2D eigenvalue weighted by Crippen LogP contribution is -1.88. The Labute approximate surface area is 71.9 Å². The van der Waals surface area contributed by atoms with Crippen molar-refractivity contribution >= 4 is 11.6 Å². The van der Waals surface area contributed by atoms with Gasteiger partial charge in [-0.25, -0.2) is 0 Å². The summed E-state index contributed by atoms with van der Waals surface area (Å²) < 4.78 is 5.12. The Balaban J connectivity index is 3.21. The lowest BCUT2D eigenvalue weighted by atomic mass is 10.1. The smallest absolute Gasteiger partial charge is 0.122 e. The Hall–Kier alpha value is -0.690. The Kier molecular flexibility index (Phi) is 2.40. The molecule has 0 aromatic heterocycles. The molecule has 0 amide bonds. The Morgan fingerprint density at radius 2 is 1.82 bits per heavy atom. The minimum absolute atomic E-state index is 0.795. The molecule has 0 aliphatic rings. The topological polar surface area (TPSA) is 9.23 Å². The molecular weight excluding hydrogens is 160 g/mol. The van der Waals surface area contributed by atoms with E-state index in [4.69, 9.17) is 16.3 Å². The van der Waals surface area contributed by atoms with Crippen molar-refractivity contribution in [3.63, 3.8) is 0 Å². The van der Waals surface area contributed by atoms with Crippen molar-refractivity contribution in [1.82, 2.24) is 0 Å². The fourth-order valence-corrected chi connectivity index (χ4v) is 1.19. The quantitative estimate of drug-likeness (QED) is 0.630. The molecule has 0 spiro atoms. The van der Waals surface area contributed by atoms with Crippen LogP contribution in [0.2, 0.25) is 5.02 Å². The number of methoxy groups -OCH3 is 1. The number of halogens is 1. The largest absolute Gasteiger partial charge is 0.496 e. The first-order valence-electron chi connectivity index (χ1n) is 3.46. The van der Waals surface area contributed by atoms with Crippen LogP contribution in [0.25, 0.3) is 0 Å². The third kappa shape index (κ3) is 1.66. The van der Waals surface area contributed by atoms with E-state index in [1.165, 1.54) is 0 Å². The molecule has 11 heavy (non-hydrogen) atoms. The fraction of sp³-hybridized carbons (Fsp3) is 0.333. The van der Waals surface area contributed by atoms with Crippen LogP contribution in [-0.2, 0) is 0 Å². The predicted octanol–water partition coefficient (Wildman–Crippen LogP) is 2.97. The third-order valence-electron chi connectivity index (χ3n) is 1.68. The van der Waals surface area contributed by atoms with Crippen LogP contribution in [0.1, 0.15) is 11.1 Å². The maximum absolute atomic E-state index is 5.89. The molecular formula is C9H11ClO. The average Bonchev–Trinajstić information content (AvgIpc) is 1.97. The van der Waals surface area contributed by atoms with Crippen LogP contribution in [0.15, 0.2) is 12.1 Å². The van der Waals surface area contributed by atoms with E-state index in [2.05, 4.69) is 0 Å². The second-order valence-electron chi connectivity index (χ2n) is 2.57. The fourth-order valence-electron chi connectivity index (χ4n) is 0.974. The molecule has 0 N–H and O–H groups in total. The predicted molar refractivity (Wildman–Crippen MR) is 47.5 cm³/mol. The van der Waals surface area contributed by atoms with E-state index in [0.717, 1.165) is 21.9 Å². The SMILES string of the molecule is COc1cc(C)c(Cl)cc1C. The van der Waals surface area contributed by atoms with Crippen molar-refractivity contribution in [2.45, 2.75) is 13.8 Å². The van der Waals surface area contributed by atoms with Crippen molar-refractivity contribution < 1.29 is 4.74 Å². The number of benzene rings is 1. The van der Waals surface area contributed by atoms with Gasteiger partial charge in [-0.1, -0.05) is 11.6 Å². The summed E-state index contributed by atoms with van der Waals surface area (Å²) in [4.78, 5) is 0. The van der Waals surface area contributed by atoms with E-state index in [-0.39, 0.29) is 0 Å². The molecule has 0 heterocycles. The molecule has 2 heteroatoms. The van der Waals surface area contributed by atoms with Crippen molar-refractivity contribution in [2.24, 2.45) is 0 Å². The molecule has 1 rings (SSSR count). The first-order chi connectivity index (χ1) is 5.15. The number of rotatable bonds is 1. The first-order valence-corrected chi connectivity index (χ1v) is 3.83. The highest BCUT2D eigenvalue weighted by Gasteiger charge is 2.01. The van der Waals surface area contributed by atoms with Gasteiger partial charge < -0.3 is 4.74 Å². The summed E-state index contributed by atoms with van der Waals surface area (Å²) in [5.74, 6) is 0.895. The second-order valence-corrected chi connectivity index (χ2v) is 2.98. The number of aryl methyl sites for hydroxylation is 2. The Bertz CT molecular complexity index is 269. The van der Waals surface area contributed by atoms with E-state index < -0.39 is 0 Å². The van der Waals surface area contributed by atoms with E-state index >= 15 is 0 Å². The Morgan fingerprint density at radius 3 is 2.36 bits per heavy atom. The van der Waals surface area contributed by atoms with Crippen LogP contribution in [0.5, 0.6) is 5.75 Å². The van der Waals surface area contributed by atoms with Crippen LogP contribution in [0.3, 0.4) is 0 Å². The summed E-state index contributed by atoms with van der Waals surface area (Å²) in [6.07, 6.45) is 0. The van der Waals surface area contributed by atoms with Crippen LogP contribution in [0.4, 0.5) is 0 Å². The standard InChI is InChI=1S/C9H11ClO/c1-6-5-9(11-3)7(2)4-8(6)10/h4-5H,1-3H3. The summed E-state index contributed by atoms with van der Waals surface area (Å²) in [7, 11) is 1.66. The van der Waals surface area contributed by atoms with Crippen LogP contribution in [-0.4, -0.2) is 7.11 Å². The molecule has 0 aliphatic carbocycles. The molecule has 1 nitrogen and oxygen atoms in total. The zero-order valence-corrected chi connectivity index (χ0v) is 7.70. The van der Waals surface area contributed by atoms with Gasteiger partial charge in [0.1, 0.15) is 5.75 Å². The van der Waals surface area contributed by atoms with Gasteiger partial charge in [-0.15, -0.1) is 0 Å². The van der Waals surface area contributed by atoms with E-state index in [0.29, 0.717) is 0 Å². The van der Waals surface area contributed by atoms with E-state index in [1.54, 1.807) is 7.11 Å². The van der Waals surface area contributed by atoms with E-state index in [1.807, 2.05) is 26.0 Å². The van der Waals surface area contributed by atoms with E-state index in [9.17, 15) is 0 Å². The molecule has 0 saturated carbocycles. The van der Waals surface area contributed by atoms with Gasteiger partial charge in [0.15, 0.2) is 0 Å². The number of hydrogen-bond donors (Lipinski definition) is 0. The zero-order valence-electron chi connectivity index (χ0n) is 6.94. The van der Waals surface area contributed by atoms with Crippen molar-refractivity contribution in [3.05, 3.63) is 28.3 Å². The number of hydrogen-bond acceptors (Lipinski definition) is 1. The molecule has 0 saturated heterocycles. The summed E-state index contributed by atoms with van der Waals surface area (Å²) >= 11 is 5.89. The molecule has 0 bridgehead atoms. The van der Waals surface area contributed by atoms with Crippen molar-refractivity contribution in [3.8, 4) is 5.75 Å². The minimum Gasteiger partial charge on any atom is -0.496 e. The highest BCUT2D eigenvalue weighted by molar-refractivity contribution is 6.31. The van der Waals surface area contributed by atoms with Gasteiger partial charge in [0.05, 0.1) is 7.11 Å². The molecule has 1 aromatic carbocycles. The monoisotopic (exact) mass is 170 g/mol. The third-order valence-corrected chi connectivity index (χ3v) is 2.08. The molecule has 1 aromatic rings. The normalized spacial score (nSPS) is 9.82. The molecule has 0 aliphatic heterocycles. The average molecular weight is 171 g/mol. The molecule has 60 valence electrons. The van der Waals surface area contributed by atoms with Gasteiger partial charge in [0.2, 0.25) is 0 Å². The van der Waals surface area contributed by atoms with Crippen LogP contribution >= 0.6 is 11.6 Å². The highest BCUT2D eigenvalue weighted by atomic mass is 35.5. The maximum Gasteiger partial charge on any atom is 0.122 e. The zero-order chi connectivity index (χ0) is 8.43. The maximum atomic E-state index is 5.89. The van der Waals surface area contributed by atoms with Gasteiger partial charge >= 0.3 is 0 Å². The highest BCUT2D eigenvalue weighted by Crippen LogP contribution is 2.25. The summed E-state index contributed by atoms with van der Waals surface area (Å²) in [6, 6.07) is 3.85. The minimum atomic E-state index is 0.795. The second kappa shape index (κ2) is 3.14. The van der Waals surface area contributed by atoms with Crippen molar-refractivity contribution in [2.75, 3.05) is 7.11 Å². The van der Waals surface area contributed by atoms with Gasteiger partial charge in [-0.3, -0.25) is 0 Å². The Morgan fingerprint density at radius 1 is 1.18 bits per heavy atom. The van der Waals surface area contributed by atoms with Gasteiger partial charge in [0, 0.05) is 5.02 Å². The van der Waals surface area contributed by atoms with Crippen LogP contribution in [0, 0.1) is 13.8 Å². The summed E-state index contributed by atoms with van der Waals surface area (Å²) in [5, 5.41) is 0.795. The lowest BCUT2D eigenvalue weighted by Gasteiger charge is -2.06. The van der Waals surface area contributed by atoms with Crippen molar-refractivity contribution in [1.29, 1.82) is 0 Å². The van der Waals surface area contributed by atoms with Crippen LogP contribution < -0.4 is 4.74 Å². The first kappa shape index (κ1) is 8.41. The molecule has 0 atom stereocenters. The summed E-state index contributed by atoms with van der Waals surface area (Å²) in [5.41, 5.74) is 2.12. The van der Waals surface area contributed by atoms with Gasteiger partial charge in [-0.2, -0.15) is 0 Å². The van der Waals surface area contributed by atoms with Gasteiger partial charge in [0.25, 0.3) is 0 Å².